The van der Waals surface area contributed by atoms with Gasteiger partial charge in [0.25, 0.3) is 0 Å². The Kier molecular flexibility index (Phi) is 8.70. The quantitative estimate of drug-likeness (QED) is 0.130. The number of alkyl halides is 3. The van der Waals surface area contributed by atoms with Crippen molar-refractivity contribution in [2.75, 3.05) is 6.61 Å². The Morgan fingerprint density at radius 2 is 1.79 bits per heavy atom. The van der Waals surface area contributed by atoms with Crippen LogP contribution in [0.1, 0.15) is 50.3 Å². The van der Waals surface area contributed by atoms with Crippen LogP contribution in [0.2, 0.25) is 0 Å². The maximum Gasteiger partial charge on any atom is 0.419 e. The van der Waals surface area contributed by atoms with Crippen LogP contribution in [0.5, 0.6) is 5.75 Å². The molecule has 0 aliphatic carbocycles. The molecule has 0 aliphatic rings. The summed E-state index contributed by atoms with van der Waals surface area (Å²) in [6.45, 7) is 10.2. The molecule has 2 aromatic rings. The van der Waals surface area contributed by atoms with Crippen LogP contribution in [-0.4, -0.2) is 22.1 Å². The average molecular weight is 488 g/mol. The van der Waals surface area contributed by atoms with E-state index in [0.717, 1.165) is 24.4 Å². The first-order chi connectivity index (χ1) is 15.3. The fourth-order valence-corrected chi connectivity index (χ4v) is 3.49. The Hall–Kier alpha value is -2.39. The standard InChI is InChI=1S/C24H26F5NO2S/c1-6-7-8-9-32-20-13-18(25)10-15(2)21(20)16-11-17(14-30-33(31)23(3,4)5)22(26)19(12-16)24(27,28)29/h6,10-14H,1,7-9H2,2-5H3. The summed E-state index contributed by atoms with van der Waals surface area (Å²) in [5.41, 5.74) is -1.51. The van der Waals surface area contributed by atoms with Gasteiger partial charge in [-0.15, -0.1) is 6.58 Å². The zero-order valence-corrected chi connectivity index (χ0v) is 19.7. The Balaban J connectivity index is 2.67. The van der Waals surface area contributed by atoms with E-state index in [1.807, 2.05) is 0 Å². The predicted molar refractivity (Wildman–Crippen MR) is 122 cm³/mol. The second-order valence-electron chi connectivity index (χ2n) is 8.40. The zero-order valence-electron chi connectivity index (χ0n) is 18.9. The van der Waals surface area contributed by atoms with Crippen LogP contribution in [0.25, 0.3) is 11.1 Å². The second-order valence-corrected chi connectivity index (χ2v) is 10.3. The molecule has 0 aliphatic heterocycles. The monoisotopic (exact) mass is 487 g/mol. The van der Waals surface area contributed by atoms with Crippen molar-refractivity contribution in [3.05, 3.63) is 65.2 Å². The molecule has 9 heteroatoms. The van der Waals surface area contributed by atoms with E-state index in [1.165, 1.54) is 6.92 Å². The van der Waals surface area contributed by atoms with Gasteiger partial charge in [0, 0.05) is 17.2 Å². The molecule has 0 spiro atoms. The summed E-state index contributed by atoms with van der Waals surface area (Å²) in [5.74, 6) is -2.11. The van der Waals surface area contributed by atoms with Crippen molar-refractivity contribution < 1.29 is 31.2 Å². The van der Waals surface area contributed by atoms with Crippen LogP contribution in [0.15, 0.2) is 41.3 Å². The molecule has 33 heavy (non-hydrogen) atoms. The van der Waals surface area contributed by atoms with Gasteiger partial charge in [0.15, 0.2) is 0 Å². The van der Waals surface area contributed by atoms with Crippen LogP contribution < -0.4 is 4.74 Å². The molecule has 180 valence electrons. The zero-order chi connectivity index (χ0) is 25.0. The average Bonchev–Trinajstić information content (AvgIpc) is 2.68. The molecule has 0 fully saturated rings. The molecule has 3 nitrogen and oxygen atoms in total. The van der Waals surface area contributed by atoms with Gasteiger partial charge < -0.3 is 9.29 Å². The van der Waals surface area contributed by atoms with Gasteiger partial charge >= 0.3 is 6.18 Å². The van der Waals surface area contributed by atoms with Gasteiger partial charge in [-0.25, -0.2) is 8.78 Å². The molecule has 0 aromatic heterocycles. The van der Waals surface area contributed by atoms with Crippen molar-refractivity contribution in [1.82, 2.24) is 0 Å². The first-order valence-electron chi connectivity index (χ1n) is 10.2. The van der Waals surface area contributed by atoms with E-state index in [1.54, 1.807) is 26.8 Å². The third kappa shape index (κ3) is 7.04. The van der Waals surface area contributed by atoms with E-state index in [2.05, 4.69) is 11.0 Å². The number of hydrogen-bond donors (Lipinski definition) is 0. The number of benzene rings is 2. The van der Waals surface area contributed by atoms with Crippen LogP contribution in [0.4, 0.5) is 22.0 Å². The fraction of sp³-hybridized carbons (Fsp3) is 0.375. The maximum atomic E-state index is 14.8. The predicted octanol–water partition coefficient (Wildman–Crippen LogP) is 7.19. The number of aryl methyl sites for hydroxylation is 1. The highest BCUT2D eigenvalue weighted by Crippen LogP contribution is 2.40. The van der Waals surface area contributed by atoms with Crippen molar-refractivity contribution in [3.8, 4) is 16.9 Å². The van der Waals surface area contributed by atoms with Gasteiger partial charge in [0.05, 0.1) is 18.4 Å². The summed E-state index contributed by atoms with van der Waals surface area (Å²) in [7, 11) is 0. The lowest BCUT2D eigenvalue weighted by molar-refractivity contribution is -0.139. The molecule has 0 bridgehead atoms. The minimum absolute atomic E-state index is 0.0251. The molecule has 0 heterocycles. The summed E-state index contributed by atoms with van der Waals surface area (Å²) in [5, 5.41) is 0. The summed E-state index contributed by atoms with van der Waals surface area (Å²) >= 11 is -1.80. The Morgan fingerprint density at radius 1 is 1.12 bits per heavy atom. The van der Waals surface area contributed by atoms with Crippen LogP contribution >= 0.6 is 0 Å². The van der Waals surface area contributed by atoms with Crippen LogP contribution in [-0.2, 0) is 17.5 Å². The third-order valence-electron chi connectivity index (χ3n) is 4.58. The van der Waals surface area contributed by atoms with E-state index < -0.39 is 45.0 Å². The Labute approximate surface area is 193 Å². The highest BCUT2D eigenvalue weighted by Gasteiger charge is 2.36. The molecular formula is C24H26F5NO2S. The van der Waals surface area contributed by atoms with Crippen molar-refractivity contribution in [3.63, 3.8) is 0 Å². The van der Waals surface area contributed by atoms with Gasteiger partial charge in [-0.2, -0.15) is 13.2 Å². The summed E-state index contributed by atoms with van der Waals surface area (Å²) in [4.78, 5) is 0. The number of unbranched alkanes of at least 4 members (excludes halogenated alkanes) is 1. The molecule has 0 saturated carbocycles. The van der Waals surface area contributed by atoms with Crippen molar-refractivity contribution >= 4 is 17.6 Å². The SMILES string of the molecule is C=CCCCOc1cc(F)cc(C)c1-c1cc(C=N[S+]([O-])C(C)(C)C)c(F)c(C(F)(F)F)c1. The van der Waals surface area contributed by atoms with Crippen LogP contribution in [0.3, 0.4) is 0 Å². The number of rotatable bonds is 8. The van der Waals surface area contributed by atoms with Gasteiger partial charge in [-0.3, -0.25) is 0 Å². The van der Waals surface area contributed by atoms with E-state index in [9.17, 15) is 26.5 Å². The number of hydrogen-bond acceptors (Lipinski definition) is 3. The lowest BCUT2D eigenvalue weighted by atomic mass is 9.95. The highest BCUT2D eigenvalue weighted by molar-refractivity contribution is 7.91. The Morgan fingerprint density at radius 3 is 2.36 bits per heavy atom. The fourth-order valence-electron chi connectivity index (χ4n) is 2.96. The summed E-state index contributed by atoms with van der Waals surface area (Å²) in [6.07, 6.45) is -1.26. The van der Waals surface area contributed by atoms with Crippen molar-refractivity contribution in [2.45, 2.75) is 51.5 Å². The van der Waals surface area contributed by atoms with Crippen molar-refractivity contribution in [2.24, 2.45) is 4.40 Å². The number of allylic oxidation sites excluding steroid dienone is 1. The normalized spacial score (nSPS) is 13.4. The third-order valence-corrected chi connectivity index (χ3v) is 5.93. The summed E-state index contributed by atoms with van der Waals surface area (Å²) in [6, 6.07) is 4.05. The van der Waals surface area contributed by atoms with Gasteiger partial charge in [-0.05, 0) is 69.9 Å². The lowest BCUT2D eigenvalue weighted by Gasteiger charge is -2.19. The summed E-state index contributed by atoms with van der Waals surface area (Å²) < 4.78 is 90.5. The molecule has 2 aromatic carbocycles. The number of nitrogens with zero attached hydrogens (tertiary/aromatic N) is 1. The molecule has 0 saturated heterocycles. The highest BCUT2D eigenvalue weighted by atomic mass is 32.2. The molecule has 2 rings (SSSR count). The smallest absolute Gasteiger partial charge is 0.419 e. The van der Waals surface area contributed by atoms with E-state index in [0.29, 0.717) is 24.5 Å². The topological polar surface area (TPSA) is 44.6 Å². The molecular weight excluding hydrogens is 461 g/mol. The molecule has 0 N–H and O–H groups in total. The van der Waals surface area contributed by atoms with Gasteiger partial charge in [0.2, 0.25) is 0 Å². The van der Waals surface area contributed by atoms with E-state index >= 15 is 0 Å². The Bertz CT molecular complexity index is 1030. The first-order valence-corrected chi connectivity index (χ1v) is 11.3. The number of ether oxygens (including phenoxy) is 1. The number of halogens is 5. The lowest BCUT2D eigenvalue weighted by Crippen LogP contribution is -2.26. The second kappa shape index (κ2) is 10.7. The van der Waals surface area contributed by atoms with Gasteiger partial charge in [0.1, 0.15) is 33.5 Å². The molecule has 0 radical (unpaired) electrons. The minimum atomic E-state index is -5.00. The van der Waals surface area contributed by atoms with Crippen molar-refractivity contribution in [1.29, 1.82) is 0 Å². The van der Waals surface area contributed by atoms with Gasteiger partial charge in [-0.1, -0.05) is 10.5 Å². The van der Waals surface area contributed by atoms with E-state index in [-0.39, 0.29) is 23.5 Å². The molecule has 0 amide bonds. The maximum absolute atomic E-state index is 14.8. The molecule has 1 unspecified atom stereocenters. The van der Waals surface area contributed by atoms with E-state index in [4.69, 9.17) is 4.74 Å². The molecule has 1 atom stereocenters. The first kappa shape index (κ1) is 26.9. The van der Waals surface area contributed by atoms with Crippen LogP contribution in [0, 0.1) is 18.6 Å². The largest absolute Gasteiger partial charge is 0.591 e. The minimum Gasteiger partial charge on any atom is -0.591 e.